The van der Waals surface area contributed by atoms with E-state index in [1.807, 2.05) is 0 Å². The van der Waals surface area contributed by atoms with Gasteiger partial charge in [0.05, 0.1) is 7.11 Å². The fourth-order valence-electron chi connectivity index (χ4n) is 1.92. The lowest BCUT2D eigenvalue weighted by Gasteiger charge is -2.10. The van der Waals surface area contributed by atoms with Gasteiger partial charge in [0.15, 0.2) is 5.78 Å². The summed E-state index contributed by atoms with van der Waals surface area (Å²) in [6.07, 6.45) is 0.0506. The lowest BCUT2D eigenvalue weighted by atomic mass is 10.0. The number of ether oxygens (including phenoxy) is 1. The molecule has 0 amide bonds. The number of carbonyl (C=O) groups excluding carboxylic acids is 1. The maximum absolute atomic E-state index is 12.2. The Kier molecular flexibility index (Phi) is 3.79. The number of carbonyl (C=O) groups is 1. The molecule has 0 radical (unpaired) electrons. The van der Waals surface area contributed by atoms with Crippen LogP contribution in [0.2, 0.25) is 0 Å². The minimum Gasteiger partial charge on any atom is -0.508 e. The predicted molar refractivity (Wildman–Crippen MR) is 72.5 cm³/mol. The molecule has 0 unspecified atom stereocenters. The van der Waals surface area contributed by atoms with Crippen LogP contribution < -0.4 is 4.74 Å². The van der Waals surface area contributed by atoms with E-state index < -0.39 is 0 Å². The van der Waals surface area contributed by atoms with E-state index >= 15 is 0 Å². The zero-order valence-corrected chi connectivity index (χ0v) is 10.8. The largest absolute Gasteiger partial charge is 0.508 e. The summed E-state index contributed by atoms with van der Waals surface area (Å²) in [7, 11) is 1.35. The highest BCUT2D eigenvalue weighted by atomic mass is 16.5. The van der Waals surface area contributed by atoms with Gasteiger partial charge >= 0.3 is 0 Å². The van der Waals surface area contributed by atoms with Gasteiger partial charge in [0, 0.05) is 18.6 Å². The SMILES string of the molecule is COc1cc(O)cc(O)c1C(=O)Cc1ccc(O)cc1. The molecule has 5 nitrogen and oxygen atoms in total. The van der Waals surface area contributed by atoms with Crippen LogP contribution in [0.3, 0.4) is 0 Å². The highest BCUT2D eigenvalue weighted by Gasteiger charge is 2.19. The van der Waals surface area contributed by atoms with Gasteiger partial charge in [-0.2, -0.15) is 0 Å². The number of rotatable bonds is 4. The Labute approximate surface area is 115 Å². The van der Waals surface area contributed by atoms with Crippen molar-refractivity contribution in [3.8, 4) is 23.0 Å². The first-order chi connectivity index (χ1) is 9.51. The Hall–Kier alpha value is -2.69. The van der Waals surface area contributed by atoms with Crippen molar-refractivity contribution in [2.24, 2.45) is 0 Å². The summed E-state index contributed by atoms with van der Waals surface area (Å²) in [6, 6.07) is 8.57. The van der Waals surface area contributed by atoms with Crippen molar-refractivity contribution in [1.82, 2.24) is 0 Å². The van der Waals surface area contributed by atoms with Crippen molar-refractivity contribution in [3.63, 3.8) is 0 Å². The Balaban J connectivity index is 2.31. The summed E-state index contributed by atoms with van der Waals surface area (Å²) in [5, 5.41) is 28.4. The van der Waals surface area contributed by atoms with Crippen molar-refractivity contribution in [1.29, 1.82) is 0 Å². The minimum absolute atomic E-state index is 0.0263. The molecule has 3 N–H and O–H groups in total. The van der Waals surface area contributed by atoms with Gasteiger partial charge in [-0.25, -0.2) is 0 Å². The molecule has 0 heterocycles. The normalized spacial score (nSPS) is 10.2. The van der Waals surface area contributed by atoms with Crippen LogP contribution in [0.5, 0.6) is 23.0 Å². The third-order valence-corrected chi connectivity index (χ3v) is 2.87. The summed E-state index contributed by atoms with van der Waals surface area (Å²) >= 11 is 0. The number of aromatic hydroxyl groups is 3. The second-order valence-electron chi connectivity index (χ2n) is 4.31. The average Bonchev–Trinajstić information content (AvgIpc) is 2.40. The lowest BCUT2D eigenvalue weighted by molar-refractivity contribution is 0.0987. The number of hydrogen-bond acceptors (Lipinski definition) is 5. The number of ketones is 1. The molecule has 0 saturated heterocycles. The Morgan fingerprint density at radius 2 is 1.70 bits per heavy atom. The van der Waals surface area contributed by atoms with Crippen LogP contribution in [-0.2, 0) is 6.42 Å². The zero-order chi connectivity index (χ0) is 14.7. The number of methoxy groups -OCH3 is 1. The van der Waals surface area contributed by atoms with E-state index in [9.17, 15) is 20.1 Å². The van der Waals surface area contributed by atoms with E-state index in [1.165, 1.54) is 25.3 Å². The van der Waals surface area contributed by atoms with Crippen LogP contribution in [0.25, 0.3) is 0 Å². The molecule has 0 spiro atoms. The van der Waals surface area contributed by atoms with Gasteiger partial charge in [0.25, 0.3) is 0 Å². The monoisotopic (exact) mass is 274 g/mol. The van der Waals surface area contributed by atoms with E-state index in [2.05, 4.69) is 0 Å². The molecule has 0 aliphatic rings. The van der Waals surface area contributed by atoms with Crippen LogP contribution in [0, 0.1) is 0 Å². The molecular formula is C15H14O5. The van der Waals surface area contributed by atoms with Crippen LogP contribution in [0.4, 0.5) is 0 Å². The summed E-state index contributed by atoms with van der Waals surface area (Å²) in [5.74, 6) is -0.617. The topological polar surface area (TPSA) is 87.0 Å². The van der Waals surface area contributed by atoms with Gasteiger partial charge in [0.2, 0.25) is 0 Å². The van der Waals surface area contributed by atoms with Crippen molar-refractivity contribution in [2.45, 2.75) is 6.42 Å². The number of hydrogen-bond donors (Lipinski definition) is 3. The first-order valence-electron chi connectivity index (χ1n) is 5.92. The number of benzene rings is 2. The maximum Gasteiger partial charge on any atom is 0.174 e. The molecule has 0 saturated carbocycles. The standard InChI is InChI=1S/C15H14O5/c1-20-14-8-11(17)7-13(19)15(14)12(18)6-9-2-4-10(16)5-3-9/h2-5,7-8,16-17,19H,6H2,1H3. The Bertz CT molecular complexity index is 631. The fraction of sp³-hybridized carbons (Fsp3) is 0.133. The molecule has 104 valence electrons. The molecule has 0 fully saturated rings. The van der Waals surface area contributed by atoms with E-state index in [1.54, 1.807) is 12.1 Å². The van der Waals surface area contributed by atoms with Gasteiger partial charge in [-0.15, -0.1) is 0 Å². The van der Waals surface area contributed by atoms with Gasteiger partial charge in [0.1, 0.15) is 28.6 Å². The number of phenols is 3. The fourth-order valence-corrected chi connectivity index (χ4v) is 1.92. The Morgan fingerprint density at radius 1 is 1.05 bits per heavy atom. The molecule has 0 aromatic heterocycles. The zero-order valence-electron chi connectivity index (χ0n) is 10.8. The summed E-state index contributed by atoms with van der Waals surface area (Å²) < 4.78 is 5.00. The molecule has 2 aromatic rings. The molecule has 20 heavy (non-hydrogen) atoms. The smallest absolute Gasteiger partial charge is 0.174 e. The predicted octanol–water partition coefficient (Wildman–Crippen LogP) is 2.24. The van der Waals surface area contributed by atoms with Crippen LogP contribution >= 0.6 is 0 Å². The first kappa shape index (κ1) is 13.7. The minimum atomic E-state index is -0.343. The van der Waals surface area contributed by atoms with Gasteiger partial charge in [-0.1, -0.05) is 12.1 Å². The average molecular weight is 274 g/mol. The number of phenolic OH excluding ortho intramolecular Hbond substituents is 3. The molecular weight excluding hydrogens is 260 g/mol. The molecule has 2 rings (SSSR count). The highest BCUT2D eigenvalue weighted by Crippen LogP contribution is 2.33. The Morgan fingerprint density at radius 3 is 2.30 bits per heavy atom. The molecule has 0 atom stereocenters. The molecule has 0 aliphatic carbocycles. The first-order valence-corrected chi connectivity index (χ1v) is 5.92. The summed E-state index contributed by atoms with van der Waals surface area (Å²) in [4.78, 5) is 12.2. The second kappa shape index (κ2) is 5.52. The van der Waals surface area contributed by atoms with Crippen molar-refractivity contribution in [3.05, 3.63) is 47.5 Å². The van der Waals surface area contributed by atoms with Gasteiger partial charge < -0.3 is 20.1 Å². The molecule has 2 aromatic carbocycles. The lowest BCUT2D eigenvalue weighted by Crippen LogP contribution is -2.06. The van der Waals surface area contributed by atoms with Crippen molar-refractivity contribution >= 4 is 5.78 Å². The maximum atomic E-state index is 12.2. The summed E-state index contributed by atoms with van der Waals surface area (Å²) in [5.41, 5.74) is 0.723. The van der Waals surface area contributed by atoms with Gasteiger partial charge in [-0.05, 0) is 17.7 Å². The van der Waals surface area contributed by atoms with Crippen LogP contribution in [0.15, 0.2) is 36.4 Å². The quantitative estimate of drug-likeness (QED) is 0.744. The molecule has 5 heteroatoms. The third kappa shape index (κ3) is 2.83. The van der Waals surface area contributed by atoms with Crippen LogP contribution in [-0.4, -0.2) is 28.2 Å². The molecule has 0 aliphatic heterocycles. The van der Waals surface area contributed by atoms with E-state index in [0.717, 1.165) is 6.07 Å². The number of Topliss-reactive ketones (excluding diaryl/α,β-unsaturated/α-hetero) is 1. The third-order valence-electron chi connectivity index (χ3n) is 2.87. The van der Waals surface area contributed by atoms with E-state index in [0.29, 0.717) is 5.56 Å². The van der Waals surface area contributed by atoms with E-state index in [-0.39, 0.29) is 40.8 Å². The van der Waals surface area contributed by atoms with Gasteiger partial charge in [-0.3, -0.25) is 4.79 Å². The highest BCUT2D eigenvalue weighted by molar-refractivity contribution is 6.02. The molecule has 0 bridgehead atoms. The van der Waals surface area contributed by atoms with Crippen LogP contribution in [0.1, 0.15) is 15.9 Å². The van der Waals surface area contributed by atoms with E-state index in [4.69, 9.17) is 4.74 Å². The summed E-state index contributed by atoms with van der Waals surface area (Å²) in [6.45, 7) is 0. The second-order valence-corrected chi connectivity index (χ2v) is 4.31. The van der Waals surface area contributed by atoms with Crippen molar-refractivity contribution in [2.75, 3.05) is 7.11 Å². The van der Waals surface area contributed by atoms with Crippen molar-refractivity contribution < 1.29 is 24.9 Å².